The van der Waals surface area contributed by atoms with Crippen LogP contribution in [0.4, 0.5) is 10.2 Å². The lowest BCUT2D eigenvalue weighted by atomic mass is 9.91. The zero-order valence-electron chi connectivity index (χ0n) is 21.1. The largest absolute Gasteiger partial charge is 0.492 e. The molecule has 2 fully saturated rings. The van der Waals surface area contributed by atoms with Gasteiger partial charge in [0.25, 0.3) is 0 Å². The number of fused-ring (bicyclic) bond motifs is 3. The zero-order chi connectivity index (χ0) is 25.9. The van der Waals surface area contributed by atoms with Crippen LogP contribution in [0.1, 0.15) is 18.9 Å². The van der Waals surface area contributed by atoms with Gasteiger partial charge in [-0.15, -0.1) is 0 Å². The molecule has 1 saturated carbocycles. The number of nitrogens with two attached hydrogens (primary N) is 1. The molecule has 8 nitrogen and oxygen atoms in total. The van der Waals surface area contributed by atoms with E-state index in [0.717, 1.165) is 58.8 Å². The minimum atomic E-state index is -0.304. The number of hydrogen-bond acceptors (Lipinski definition) is 7. The Bertz CT molecular complexity index is 1670. The summed E-state index contributed by atoms with van der Waals surface area (Å²) in [5.74, 6) is 2.04. The van der Waals surface area contributed by atoms with Crippen LogP contribution in [0, 0.1) is 17.7 Å². The van der Waals surface area contributed by atoms with Crippen LogP contribution in [0.2, 0.25) is 0 Å². The average molecular weight is 510 g/mol. The first-order chi connectivity index (χ1) is 18.7. The predicted octanol–water partition coefficient (Wildman–Crippen LogP) is 4.46. The molecule has 38 heavy (non-hydrogen) atoms. The van der Waals surface area contributed by atoms with E-state index >= 15 is 0 Å². The van der Waals surface area contributed by atoms with Crippen LogP contribution in [0.15, 0.2) is 60.9 Å². The van der Waals surface area contributed by atoms with Gasteiger partial charge < -0.3 is 15.4 Å². The van der Waals surface area contributed by atoms with Crippen LogP contribution >= 0.6 is 0 Å². The van der Waals surface area contributed by atoms with E-state index in [0.29, 0.717) is 30.2 Å². The topological polar surface area (TPSA) is 106 Å². The van der Waals surface area contributed by atoms with Gasteiger partial charge in [0.15, 0.2) is 5.65 Å². The van der Waals surface area contributed by atoms with E-state index in [2.05, 4.69) is 20.1 Å². The van der Waals surface area contributed by atoms with E-state index in [1.165, 1.54) is 6.07 Å². The third-order valence-electron chi connectivity index (χ3n) is 8.41. The number of ether oxygens (including phenoxy) is 1. The van der Waals surface area contributed by atoms with Crippen LogP contribution in [-0.2, 0) is 5.41 Å². The summed E-state index contributed by atoms with van der Waals surface area (Å²) >= 11 is 0. The van der Waals surface area contributed by atoms with Crippen LogP contribution < -0.4 is 15.4 Å². The fraction of sp³-hybridized carbons (Fsp3) is 0.310. The fourth-order valence-corrected chi connectivity index (χ4v) is 6.59. The molecule has 3 atom stereocenters. The minimum Gasteiger partial charge on any atom is -0.492 e. The molecule has 0 spiro atoms. The van der Waals surface area contributed by atoms with E-state index < -0.39 is 0 Å². The Morgan fingerprint density at radius 3 is 2.84 bits per heavy atom. The normalized spacial score (nSPS) is 22.6. The third kappa shape index (κ3) is 3.31. The lowest BCUT2D eigenvalue weighted by Crippen LogP contribution is -2.32. The molecular weight excluding hydrogens is 481 g/mol. The summed E-state index contributed by atoms with van der Waals surface area (Å²) in [7, 11) is 0. The maximum absolute atomic E-state index is 14.7. The highest BCUT2D eigenvalue weighted by molar-refractivity contribution is 6.02. The van der Waals surface area contributed by atoms with E-state index in [1.54, 1.807) is 12.3 Å². The Balaban J connectivity index is 1.20. The van der Waals surface area contributed by atoms with Crippen molar-refractivity contribution in [3.63, 3.8) is 0 Å². The van der Waals surface area contributed by atoms with Gasteiger partial charge in [-0.05, 0) is 55.0 Å². The second-order valence-corrected chi connectivity index (χ2v) is 10.1. The van der Waals surface area contributed by atoms with Gasteiger partial charge in [-0.1, -0.05) is 24.3 Å². The summed E-state index contributed by atoms with van der Waals surface area (Å²) in [6.45, 7) is 4.56. The molecule has 4 heterocycles. The van der Waals surface area contributed by atoms with Crippen molar-refractivity contribution in [2.75, 3.05) is 31.1 Å². The number of nitrogens with one attached hydrogen (secondary N) is 1. The van der Waals surface area contributed by atoms with Gasteiger partial charge in [0.1, 0.15) is 34.1 Å². The number of benzene rings is 2. The number of piperidine rings is 1. The molecule has 2 aromatic carbocycles. The average Bonchev–Trinajstić information content (AvgIpc) is 3.42. The summed E-state index contributed by atoms with van der Waals surface area (Å²) in [4.78, 5) is 16.5. The SMILES string of the molecule is CCOc1ccc(-c2n[nH]c3nc(N4CC[C@@H]5[C@H](C4)[C@@]5(CN)c4ccccc4F)cnc23)c2cccnc12. The van der Waals surface area contributed by atoms with Gasteiger partial charge in [0, 0.05) is 42.2 Å². The molecular formula is C29H28FN7O. The van der Waals surface area contributed by atoms with Crippen molar-refractivity contribution in [3.8, 4) is 17.0 Å². The first kappa shape index (κ1) is 23.0. The highest BCUT2D eigenvalue weighted by atomic mass is 19.1. The molecule has 0 bridgehead atoms. The number of anilines is 1. The Morgan fingerprint density at radius 1 is 1.11 bits per heavy atom. The molecule has 1 saturated heterocycles. The number of rotatable bonds is 6. The Kier molecular flexibility index (Phi) is 5.29. The molecule has 1 aliphatic heterocycles. The first-order valence-electron chi connectivity index (χ1n) is 13.1. The second-order valence-electron chi connectivity index (χ2n) is 10.1. The third-order valence-corrected chi connectivity index (χ3v) is 8.41. The minimum absolute atomic E-state index is 0.165. The zero-order valence-corrected chi connectivity index (χ0v) is 21.1. The molecule has 3 aromatic heterocycles. The highest BCUT2D eigenvalue weighted by Gasteiger charge is 2.66. The van der Waals surface area contributed by atoms with E-state index in [-0.39, 0.29) is 17.2 Å². The maximum Gasteiger partial charge on any atom is 0.177 e. The Labute approximate surface area is 219 Å². The summed E-state index contributed by atoms with van der Waals surface area (Å²) in [5, 5.41) is 8.62. The molecule has 2 aliphatic rings. The van der Waals surface area contributed by atoms with Crippen molar-refractivity contribution in [2.24, 2.45) is 17.6 Å². The first-order valence-corrected chi connectivity index (χ1v) is 13.1. The van der Waals surface area contributed by atoms with Gasteiger partial charge in [0.05, 0.1) is 12.8 Å². The Hall–Kier alpha value is -4.11. The van der Waals surface area contributed by atoms with Gasteiger partial charge >= 0.3 is 0 Å². The van der Waals surface area contributed by atoms with E-state index in [9.17, 15) is 4.39 Å². The van der Waals surface area contributed by atoms with Gasteiger partial charge in [-0.3, -0.25) is 10.1 Å². The molecule has 192 valence electrons. The number of hydrogen-bond donors (Lipinski definition) is 2. The lowest BCUT2D eigenvalue weighted by Gasteiger charge is -2.26. The monoisotopic (exact) mass is 509 g/mol. The van der Waals surface area contributed by atoms with Gasteiger partial charge in [0.2, 0.25) is 0 Å². The Morgan fingerprint density at radius 2 is 2.00 bits per heavy atom. The summed E-state index contributed by atoms with van der Waals surface area (Å²) < 4.78 is 20.5. The molecule has 9 heteroatoms. The van der Waals surface area contributed by atoms with Gasteiger partial charge in [-0.2, -0.15) is 5.10 Å². The fourth-order valence-electron chi connectivity index (χ4n) is 6.59. The number of aromatic amines is 1. The summed E-state index contributed by atoms with van der Waals surface area (Å²) in [6, 6.07) is 14.9. The van der Waals surface area contributed by atoms with Crippen LogP contribution in [0.3, 0.4) is 0 Å². The molecule has 3 N–H and O–H groups in total. The molecule has 7 rings (SSSR count). The molecule has 0 amide bonds. The number of aromatic nitrogens is 5. The smallest absolute Gasteiger partial charge is 0.177 e. The van der Waals surface area contributed by atoms with E-state index in [1.807, 2.05) is 49.5 Å². The van der Waals surface area contributed by atoms with Crippen LogP contribution in [0.5, 0.6) is 5.75 Å². The summed E-state index contributed by atoms with van der Waals surface area (Å²) in [5.41, 5.74) is 10.5. The number of halogens is 1. The number of H-pyrrole nitrogens is 1. The standard InChI is InChI=1S/C29H28FN7O/c1-2-38-23-10-9-18(17-6-5-12-32-25(17)23)26-27-28(36-35-26)34-24(14-33-27)37-13-11-19-21(15-37)29(19,16-31)20-7-3-4-8-22(20)30/h3-10,12,14,19,21H,2,11,13,15-16,31H2,1H3,(H,34,35,36)/t19-,21+,29-/m1/s1. The van der Waals surface area contributed by atoms with E-state index in [4.69, 9.17) is 20.4 Å². The van der Waals surface area contributed by atoms with Gasteiger partial charge in [-0.25, -0.2) is 14.4 Å². The van der Waals surface area contributed by atoms with Crippen molar-refractivity contribution in [1.82, 2.24) is 25.1 Å². The molecule has 0 radical (unpaired) electrons. The van der Waals surface area contributed by atoms with Crippen molar-refractivity contribution in [3.05, 3.63) is 72.3 Å². The molecule has 5 aromatic rings. The maximum atomic E-state index is 14.7. The van der Waals surface area contributed by atoms with Crippen LogP contribution in [0.25, 0.3) is 33.3 Å². The van der Waals surface area contributed by atoms with Crippen LogP contribution in [-0.4, -0.2) is 51.4 Å². The molecule has 0 unspecified atom stereocenters. The predicted molar refractivity (Wildman–Crippen MR) is 145 cm³/mol. The van der Waals surface area contributed by atoms with Crippen molar-refractivity contribution in [2.45, 2.75) is 18.8 Å². The van der Waals surface area contributed by atoms with Crippen molar-refractivity contribution in [1.29, 1.82) is 0 Å². The second kappa shape index (κ2) is 8.73. The van der Waals surface area contributed by atoms with Crippen molar-refractivity contribution < 1.29 is 9.13 Å². The van der Waals surface area contributed by atoms with Crippen molar-refractivity contribution >= 4 is 27.9 Å². The quantitative estimate of drug-likeness (QED) is 0.348. The summed E-state index contributed by atoms with van der Waals surface area (Å²) in [6.07, 6.45) is 4.51. The number of nitrogens with zero attached hydrogens (tertiary/aromatic N) is 5. The number of pyridine rings is 1. The molecule has 1 aliphatic carbocycles. The highest BCUT2D eigenvalue weighted by Crippen LogP contribution is 2.63. The lowest BCUT2D eigenvalue weighted by molar-refractivity contribution is 0.343.